The molecule has 0 aromatic heterocycles. The highest BCUT2D eigenvalue weighted by atomic mass is 16.3. The first-order chi connectivity index (χ1) is 13.6. The van der Waals surface area contributed by atoms with Crippen molar-refractivity contribution in [3.63, 3.8) is 0 Å². The lowest BCUT2D eigenvalue weighted by Crippen LogP contribution is -2.52. The first kappa shape index (κ1) is 18.8. The van der Waals surface area contributed by atoms with Crippen LogP contribution in [-0.4, -0.2) is 17.4 Å². The maximum atomic E-state index is 12.7. The Morgan fingerprint density at radius 1 is 0.929 bits per heavy atom. The molecule has 1 heterocycles. The van der Waals surface area contributed by atoms with Gasteiger partial charge in [-0.1, -0.05) is 60.2 Å². The summed E-state index contributed by atoms with van der Waals surface area (Å²) in [7, 11) is 0. The average Bonchev–Trinajstić information content (AvgIpc) is 2.71. The third-order valence-corrected chi connectivity index (χ3v) is 6.03. The quantitative estimate of drug-likeness (QED) is 0.761. The topological polar surface area (TPSA) is 61.4 Å². The molecule has 2 aliphatic rings. The molecule has 0 radical (unpaired) electrons. The number of amides is 1. The number of allylic oxidation sites excluding steroid dienone is 1. The molecule has 1 unspecified atom stereocenters. The van der Waals surface area contributed by atoms with Crippen LogP contribution in [0, 0.1) is 12.8 Å². The third-order valence-electron chi connectivity index (χ3n) is 6.03. The van der Waals surface area contributed by atoms with Gasteiger partial charge in [0.15, 0.2) is 0 Å². The molecule has 4 rings (SSSR count). The van der Waals surface area contributed by atoms with Gasteiger partial charge in [0.05, 0.1) is 0 Å². The highest BCUT2D eigenvalue weighted by Gasteiger charge is 2.32. The van der Waals surface area contributed by atoms with E-state index in [0.29, 0.717) is 18.3 Å². The molecule has 4 nitrogen and oxygen atoms in total. The Kier molecular flexibility index (Phi) is 5.49. The minimum absolute atomic E-state index is 0.159. The number of aliphatic hydroxyl groups excluding tert-OH is 1. The summed E-state index contributed by atoms with van der Waals surface area (Å²) in [5.41, 5.74) is 5.42. The molecule has 1 atom stereocenters. The van der Waals surface area contributed by atoms with Crippen LogP contribution in [0.1, 0.15) is 48.3 Å². The van der Waals surface area contributed by atoms with E-state index in [9.17, 15) is 9.90 Å². The highest BCUT2D eigenvalue weighted by molar-refractivity contribution is 5.95. The number of hydrogen-bond acceptors (Lipinski definition) is 3. The van der Waals surface area contributed by atoms with Crippen LogP contribution in [0.4, 0.5) is 0 Å². The molecule has 3 N–H and O–H groups in total. The minimum atomic E-state index is -1.00. The van der Waals surface area contributed by atoms with E-state index in [1.165, 1.54) is 11.1 Å². The molecule has 1 aliphatic carbocycles. The van der Waals surface area contributed by atoms with Gasteiger partial charge in [0, 0.05) is 17.7 Å². The largest absolute Gasteiger partial charge is 0.356 e. The average molecular weight is 377 g/mol. The van der Waals surface area contributed by atoms with Gasteiger partial charge in [0.25, 0.3) is 5.91 Å². The minimum Gasteiger partial charge on any atom is -0.356 e. The summed E-state index contributed by atoms with van der Waals surface area (Å²) >= 11 is 0. The molecule has 1 saturated carbocycles. The summed E-state index contributed by atoms with van der Waals surface area (Å²) < 4.78 is 0. The van der Waals surface area contributed by atoms with Crippen LogP contribution < -0.4 is 10.6 Å². The van der Waals surface area contributed by atoms with Gasteiger partial charge < -0.3 is 15.7 Å². The predicted molar refractivity (Wildman–Crippen MR) is 110 cm³/mol. The first-order valence-corrected chi connectivity index (χ1v) is 10.2. The normalized spacial score (nSPS) is 25.2. The second-order valence-corrected chi connectivity index (χ2v) is 8.04. The second-order valence-electron chi connectivity index (χ2n) is 8.04. The molecular weight excluding hydrogens is 348 g/mol. The van der Waals surface area contributed by atoms with Crippen LogP contribution in [0.5, 0.6) is 0 Å². The maximum absolute atomic E-state index is 12.7. The Balaban J connectivity index is 1.55. The van der Waals surface area contributed by atoms with E-state index in [1.807, 2.05) is 6.07 Å². The van der Waals surface area contributed by atoms with Crippen molar-refractivity contribution in [3.8, 4) is 0 Å². The number of carbonyl (C=O) groups is 1. The molecule has 1 fully saturated rings. The fourth-order valence-corrected chi connectivity index (χ4v) is 4.61. The predicted octanol–water partition coefficient (Wildman–Crippen LogP) is 3.76. The Morgan fingerprint density at radius 3 is 2.36 bits per heavy atom. The lowest BCUT2D eigenvalue weighted by Gasteiger charge is -2.35. The van der Waals surface area contributed by atoms with Gasteiger partial charge in [-0.3, -0.25) is 4.79 Å². The molecule has 0 spiro atoms. The molecule has 0 saturated heterocycles. The zero-order chi connectivity index (χ0) is 19.5. The second kappa shape index (κ2) is 8.19. The monoisotopic (exact) mass is 376 g/mol. The lowest BCUT2D eigenvalue weighted by molar-refractivity contribution is -0.122. The van der Waals surface area contributed by atoms with Crippen LogP contribution >= 0.6 is 0 Å². The summed E-state index contributed by atoms with van der Waals surface area (Å²) in [6.45, 7) is 2.06. The summed E-state index contributed by atoms with van der Waals surface area (Å²) in [4.78, 5) is 12.7. The van der Waals surface area contributed by atoms with Crippen LogP contribution in [0.15, 0.2) is 65.9 Å². The van der Waals surface area contributed by atoms with Crippen molar-refractivity contribution < 1.29 is 9.90 Å². The molecule has 28 heavy (non-hydrogen) atoms. The van der Waals surface area contributed by atoms with E-state index in [1.54, 1.807) is 0 Å². The molecule has 4 heteroatoms. The van der Waals surface area contributed by atoms with Crippen molar-refractivity contribution >= 4 is 5.91 Å². The standard InChI is InChI=1S/C24H28N2O2/c1-16-6-5-7-17(14-16)15-21-22(25-24(28)26-23(21)27)20-12-10-19(11-13-20)18-8-3-2-4-9-18/h2-9,14,19-20,24-25,28H,10-13,15H2,1H3,(H,26,27)/t19-,20-,24?. The van der Waals surface area contributed by atoms with E-state index in [-0.39, 0.29) is 5.91 Å². The maximum Gasteiger partial charge on any atom is 0.252 e. The Labute approximate surface area is 166 Å². The zero-order valence-corrected chi connectivity index (χ0v) is 16.3. The number of aryl methyl sites for hydroxylation is 1. The molecule has 2 aromatic carbocycles. The van der Waals surface area contributed by atoms with Gasteiger partial charge in [-0.25, -0.2) is 0 Å². The number of hydrogen-bond donors (Lipinski definition) is 3. The summed E-state index contributed by atoms with van der Waals surface area (Å²) in [5, 5.41) is 15.8. The summed E-state index contributed by atoms with van der Waals surface area (Å²) in [5.74, 6) is 0.717. The van der Waals surface area contributed by atoms with Gasteiger partial charge in [-0.05, 0) is 55.6 Å². The van der Waals surface area contributed by atoms with Crippen molar-refractivity contribution in [1.29, 1.82) is 0 Å². The molecule has 0 bridgehead atoms. The number of carbonyl (C=O) groups excluding carboxylic acids is 1. The van der Waals surface area contributed by atoms with Crippen LogP contribution in [0.2, 0.25) is 0 Å². The summed E-state index contributed by atoms with van der Waals surface area (Å²) in [6, 6.07) is 19.0. The number of aliphatic hydroxyl groups is 1. The van der Waals surface area contributed by atoms with Gasteiger partial charge in [0.2, 0.25) is 6.35 Å². The van der Waals surface area contributed by atoms with Crippen molar-refractivity contribution in [2.24, 2.45) is 5.92 Å². The molecule has 146 valence electrons. The smallest absolute Gasteiger partial charge is 0.252 e. The van der Waals surface area contributed by atoms with Crippen LogP contribution in [0.3, 0.4) is 0 Å². The highest BCUT2D eigenvalue weighted by Crippen LogP contribution is 2.39. The van der Waals surface area contributed by atoms with Crippen molar-refractivity contribution in [3.05, 3.63) is 82.6 Å². The van der Waals surface area contributed by atoms with Gasteiger partial charge >= 0.3 is 0 Å². The third kappa shape index (κ3) is 4.12. The SMILES string of the molecule is Cc1cccc(CC2=C([C@H]3CC[C@H](c4ccccc4)CC3)NC(O)NC2=O)c1. The van der Waals surface area contributed by atoms with Gasteiger partial charge in [-0.2, -0.15) is 0 Å². The number of rotatable bonds is 4. The van der Waals surface area contributed by atoms with Crippen molar-refractivity contribution in [2.45, 2.75) is 51.3 Å². The van der Waals surface area contributed by atoms with Gasteiger partial charge in [0.1, 0.15) is 0 Å². The van der Waals surface area contributed by atoms with Gasteiger partial charge in [-0.15, -0.1) is 0 Å². The Morgan fingerprint density at radius 2 is 1.64 bits per heavy atom. The Bertz CT molecular complexity index is 867. The fourth-order valence-electron chi connectivity index (χ4n) is 4.61. The van der Waals surface area contributed by atoms with E-state index < -0.39 is 6.35 Å². The number of nitrogens with one attached hydrogen (secondary N) is 2. The molecule has 2 aromatic rings. The first-order valence-electron chi connectivity index (χ1n) is 10.2. The van der Waals surface area contributed by atoms with E-state index in [2.05, 4.69) is 66.1 Å². The number of benzene rings is 2. The van der Waals surface area contributed by atoms with Crippen molar-refractivity contribution in [2.75, 3.05) is 0 Å². The van der Waals surface area contributed by atoms with E-state index in [4.69, 9.17) is 0 Å². The Hall–Kier alpha value is -2.59. The van der Waals surface area contributed by atoms with E-state index >= 15 is 0 Å². The molecule has 1 amide bonds. The molecular formula is C24H28N2O2. The van der Waals surface area contributed by atoms with Crippen molar-refractivity contribution in [1.82, 2.24) is 10.6 Å². The van der Waals surface area contributed by atoms with Crippen LogP contribution in [0.25, 0.3) is 0 Å². The van der Waals surface area contributed by atoms with E-state index in [0.717, 1.165) is 42.5 Å². The lowest BCUT2D eigenvalue weighted by atomic mass is 9.76. The molecule has 1 aliphatic heterocycles. The summed E-state index contributed by atoms with van der Waals surface area (Å²) in [6.07, 6.45) is 3.85. The fraction of sp³-hybridized carbons (Fsp3) is 0.375. The zero-order valence-electron chi connectivity index (χ0n) is 16.3. The van der Waals surface area contributed by atoms with Crippen LogP contribution in [-0.2, 0) is 11.2 Å².